The molecule has 0 unspecified atom stereocenters. The molecule has 0 saturated carbocycles. The average Bonchev–Trinajstić information content (AvgIpc) is 2.71. The number of hydrogen-bond donors (Lipinski definition) is 2. The van der Waals surface area contributed by atoms with Crippen molar-refractivity contribution in [2.75, 3.05) is 5.32 Å². The van der Waals surface area contributed by atoms with Gasteiger partial charge in [-0.15, -0.1) is 0 Å². The van der Waals surface area contributed by atoms with Crippen LogP contribution in [0.15, 0.2) is 66.7 Å². The van der Waals surface area contributed by atoms with Crippen LogP contribution in [0, 0.1) is 0 Å². The molecule has 4 nitrogen and oxygen atoms in total. The van der Waals surface area contributed by atoms with E-state index in [1.165, 1.54) is 18.2 Å². The molecule has 0 radical (unpaired) electrons. The summed E-state index contributed by atoms with van der Waals surface area (Å²) >= 11 is 5.99. The fraction of sp³-hybridized carbons (Fsp3) is 0.208. The van der Waals surface area contributed by atoms with Gasteiger partial charge in [0, 0.05) is 5.02 Å². The van der Waals surface area contributed by atoms with Gasteiger partial charge in [-0.05, 0) is 59.9 Å². The van der Waals surface area contributed by atoms with Crippen molar-refractivity contribution in [2.24, 2.45) is 0 Å². The van der Waals surface area contributed by atoms with E-state index in [0.29, 0.717) is 22.2 Å². The third-order valence-electron chi connectivity index (χ3n) is 5.07. The van der Waals surface area contributed by atoms with E-state index in [2.05, 4.69) is 26.1 Å². The molecule has 0 aromatic heterocycles. The lowest BCUT2D eigenvalue weighted by Crippen LogP contribution is -2.17. The van der Waals surface area contributed by atoms with Crippen LogP contribution >= 0.6 is 11.6 Å². The number of phenolic OH excluding ortho intramolecular Hbond substituents is 1. The molecule has 0 bridgehead atoms. The fourth-order valence-corrected chi connectivity index (χ4v) is 3.01. The molecule has 29 heavy (non-hydrogen) atoms. The number of amides is 1. The van der Waals surface area contributed by atoms with Gasteiger partial charge in [0.25, 0.3) is 5.91 Å². The number of hydrogen-bond acceptors (Lipinski definition) is 3. The summed E-state index contributed by atoms with van der Waals surface area (Å²) in [7, 11) is 0. The predicted molar refractivity (Wildman–Crippen MR) is 117 cm³/mol. The average molecular weight is 410 g/mol. The highest BCUT2D eigenvalue weighted by Gasteiger charge is 2.21. The largest absolute Gasteiger partial charge is 0.507 e. The molecule has 150 valence electrons. The SMILES string of the molecule is CCC(C)(C)c1ccc(Oc2ccccc2)c(NC(=O)c2cc(Cl)ccc2O)c1. The van der Waals surface area contributed by atoms with Crippen LogP contribution in [-0.4, -0.2) is 11.0 Å². The van der Waals surface area contributed by atoms with Crippen LogP contribution in [0.25, 0.3) is 0 Å². The third-order valence-corrected chi connectivity index (χ3v) is 5.30. The van der Waals surface area contributed by atoms with Gasteiger partial charge in [-0.2, -0.15) is 0 Å². The second kappa shape index (κ2) is 8.58. The molecule has 1 amide bonds. The molecule has 0 aliphatic rings. The lowest BCUT2D eigenvalue weighted by atomic mass is 9.82. The number of ether oxygens (including phenoxy) is 1. The van der Waals surface area contributed by atoms with Crippen molar-refractivity contribution < 1.29 is 14.6 Å². The summed E-state index contributed by atoms with van der Waals surface area (Å²) in [5.74, 6) is 0.578. The van der Waals surface area contributed by atoms with Crippen molar-refractivity contribution in [3.8, 4) is 17.2 Å². The molecule has 3 rings (SSSR count). The molecule has 3 aromatic rings. The molecule has 2 N–H and O–H groups in total. The standard InChI is InChI=1S/C24H24ClNO3/c1-4-24(2,3)16-10-13-22(29-18-8-6-5-7-9-18)20(14-16)26-23(28)19-15-17(25)11-12-21(19)27/h5-15,27H,4H2,1-3H3,(H,26,28). The third kappa shape index (κ3) is 4.90. The summed E-state index contributed by atoms with van der Waals surface area (Å²) in [5.41, 5.74) is 1.63. The molecule has 0 spiro atoms. The maximum absolute atomic E-state index is 12.8. The van der Waals surface area contributed by atoms with Gasteiger partial charge in [-0.3, -0.25) is 4.79 Å². The van der Waals surface area contributed by atoms with E-state index in [1.807, 2.05) is 48.5 Å². The quantitative estimate of drug-likeness (QED) is 0.471. The van der Waals surface area contributed by atoms with Gasteiger partial charge in [0.15, 0.2) is 5.75 Å². The number of nitrogens with one attached hydrogen (secondary N) is 1. The zero-order chi connectivity index (χ0) is 21.0. The highest BCUT2D eigenvalue weighted by Crippen LogP contribution is 2.36. The second-order valence-corrected chi connectivity index (χ2v) is 7.92. The van der Waals surface area contributed by atoms with Gasteiger partial charge in [0.05, 0.1) is 11.3 Å². The van der Waals surface area contributed by atoms with Crippen LogP contribution in [0.5, 0.6) is 17.2 Å². The van der Waals surface area contributed by atoms with Crippen LogP contribution in [0.4, 0.5) is 5.69 Å². The summed E-state index contributed by atoms with van der Waals surface area (Å²) in [4.78, 5) is 12.8. The van der Waals surface area contributed by atoms with Gasteiger partial charge in [0.1, 0.15) is 11.5 Å². The van der Waals surface area contributed by atoms with Crippen molar-refractivity contribution in [2.45, 2.75) is 32.6 Å². The Morgan fingerprint density at radius 1 is 1.07 bits per heavy atom. The van der Waals surface area contributed by atoms with Gasteiger partial charge in [-0.1, -0.05) is 56.6 Å². The summed E-state index contributed by atoms with van der Waals surface area (Å²) < 4.78 is 6.00. The number of halogens is 1. The highest BCUT2D eigenvalue weighted by molar-refractivity contribution is 6.31. The minimum atomic E-state index is -0.464. The molecular formula is C24H24ClNO3. The van der Waals surface area contributed by atoms with Crippen LogP contribution in [0.3, 0.4) is 0 Å². The number of carbonyl (C=O) groups is 1. The van der Waals surface area contributed by atoms with Gasteiger partial charge >= 0.3 is 0 Å². The lowest BCUT2D eigenvalue weighted by Gasteiger charge is -2.25. The molecule has 0 atom stereocenters. The monoisotopic (exact) mass is 409 g/mol. The van der Waals surface area contributed by atoms with Crippen LogP contribution < -0.4 is 10.1 Å². The molecular weight excluding hydrogens is 386 g/mol. The number of aromatic hydroxyl groups is 1. The Hall–Kier alpha value is -2.98. The Bertz CT molecular complexity index is 1020. The minimum absolute atomic E-state index is 0.0665. The van der Waals surface area contributed by atoms with E-state index in [4.69, 9.17) is 16.3 Å². The maximum atomic E-state index is 12.8. The molecule has 0 saturated heterocycles. The number of benzene rings is 3. The van der Waals surface area contributed by atoms with Crippen LogP contribution in [0.2, 0.25) is 5.02 Å². The maximum Gasteiger partial charge on any atom is 0.259 e. The van der Waals surface area contributed by atoms with E-state index >= 15 is 0 Å². The van der Waals surface area contributed by atoms with Crippen LogP contribution in [0.1, 0.15) is 43.1 Å². The molecule has 0 heterocycles. The smallest absolute Gasteiger partial charge is 0.259 e. The Labute approximate surface area is 176 Å². The van der Waals surface area contributed by atoms with E-state index in [0.717, 1.165) is 12.0 Å². The van der Waals surface area contributed by atoms with E-state index < -0.39 is 5.91 Å². The molecule has 0 aliphatic heterocycles. The van der Waals surface area contributed by atoms with Crippen molar-refractivity contribution in [3.63, 3.8) is 0 Å². The van der Waals surface area contributed by atoms with Crippen LogP contribution in [-0.2, 0) is 5.41 Å². The fourth-order valence-electron chi connectivity index (χ4n) is 2.84. The number of para-hydroxylation sites is 1. The summed E-state index contributed by atoms with van der Waals surface area (Å²) in [6.07, 6.45) is 0.939. The topological polar surface area (TPSA) is 58.6 Å². The van der Waals surface area contributed by atoms with Crippen molar-refractivity contribution in [1.29, 1.82) is 0 Å². The van der Waals surface area contributed by atoms with Crippen molar-refractivity contribution in [1.82, 2.24) is 0 Å². The summed E-state index contributed by atoms with van der Waals surface area (Å²) in [6.45, 7) is 6.42. The number of rotatable bonds is 6. The van der Waals surface area contributed by atoms with Gasteiger partial charge in [-0.25, -0.2) is 0 Å². The Morgan fingerprint density at radius 2 is 1.79 bits per heavy atom. The van der Waals surface area contributed by atoms with Gasteiger partial charge in [0.2, 0.25) is 0 Å². The summed E-state index contributed by atoms with van der Waals surface area (Å²) in [6, 6.07) is 19.5. The first-order valence-corrected chi connectivity index (χ1v) is 9.85. The lowest BCUT2D eigenvalue weighted by molar-refractivity contribution is 0.102. The number of anilines is 1. The summed E-state index contributed by atoms with van der Waals surface area (Å²) in [5, 5.41) is 13.3. The zero-order valence-electron chi connectivity index (χ0n) is 16.7. The molecule has 3 aromatic carbocycles. The number of phenols is 1. The van der Waals surface area contributed by atoms with Crippen molar-refractivity contribution in [3.05, 3.63) is 82.9 Å². The van der Waals surface area contributed by atoms with E-state index in [-0.39, 0.29) is 16.7 Å². The number of carbonyl (C=O) groups excluding carboxylic acids is 1. The Balaban J connectivity index is 1.99. The molecule has 0 aliphatic carbocycles. The first-order valence-electron chi connectivity index (χ1n) is 9.47. The Morgan fingerprint density at radius 3 is 2.48 bits per heavy atom. The van der Waals surface area contributed by atoms with E-state index in [9.17, 15) is 9.90 Å². The van der Waals surface area contributed by atoms with Crippen molar-refractivity contribution >= 4 is 23.2 Å². The zero-order valence-corrected chi connectivity index (χ0v) is 17.5. The highest BCUT2D eigenvalue weighted by atomic mass is 35.5. The molecule has 5 heteroatoms. The first-order chi connectivity index (χ1) is 13.8. The normalized spacial score (nSPS) is 11.2. The van der Waals surface area contributed by atoms with E-state index in [1.54, 1.807) is 0 Å². The Kier molecular flexibility index (Phi) is 6.14. The van der Waals surface area contributed by atoms with Gasteiger partial charge < -0.3 is 15.2 Å². The minimum Gasteiger partial charge on any atom is -0.507 e. The molecule has 0 fully saturated rings. The predicted octanol–water partition coefficient (Wildman–Crippen LogP) is 6.78. The second-order valence-electron chi connectivity index (χ2n) is 7.48. The first kappa shape index (κ1) is 20.7.